The second kappa shape index (κ2) is 8.55. The van der Waals surface area contributed by atoms with Crippen molar-refractivity contribution in [3.05, 3.63) is 17.8 Å². The molecule has 0 saturated heterocycles. The Bertz CT molecular complexity index is 449. The molecule has 1 rings (SSSR count). The molecule has 0 spiro atoms. The Labute approximate surface area is 121 Å². The SMILES string of the molecule is COCCCN(Cc1nc(C(=O)OC)co1)C(=O)CCl. The van der Waals surface area contributed by atoms with Crippen molar-refractivity contribution in [1.82, 2.24) is 9.88 Å². The monoisotopic (exact) mass is 304 g/mol. The zero-order valence-corrected chi connectivity index (χ0v) is 12.2. The van der Waals surface area contributed by atoms with Gasteiger partial charge in [-0.1, -0.05) is 0 Å². The molecule has 0 atom stereocenters. The van der Waals surface area contributed by atoms with Gasteiger partial charge in [0, 0.05) is 20.3 Å². The molecule has 0 N–H and O–H groups in total. The third-order valence-corrected chi connectivity index (χ3v) is 2.74. The van der Waals surface area contributed by atoms with Crippen LogP contribution in [0, 0.1) is 0 Å². The molecule has 0 saturated carbocycles. The Morgan fingerprint density at radius 2 is 2.20 bits per heavy atom. The number of carbonyl (C=O) groups is 2. The lowest BCUT2D eigenvalue weighted by atomic mass is 10.3. The quantitative estimate of drug-likeness (QED) is 0.406. The molecule has 20 heavy (non-hydrogen) atoms. The maximum Gasteiger partial charge on any atom is 0.360 e. The maximum atomic E-state index is 11.7. The fraction of sp³-hybridized carbons (Fsp3) is 0.583. The van der Waals surface area contributed by atoms with E-state index in [9.17, 15) is 9.59 Å². The van der Waals surface area contributed by atoms with Crippen LogP contribution >= 0.6 is 11.6 Å². The number of methoxy groups -OCH3 is 2. The normalized spacial score (nSPS) is 10.3. The molecule has 8 heteroatoms. The molecular formula is C12H17ClN2O5. The van der Waals surface area contributed by atoms with E-state index in [1.165, 1.54) is 18.3 Å². The summed E-state index contributed by atoms with van der Waals surface area (Å²) < 4.78 is 14.6. The summed E-state index contributed by atoms with van der Waals surface area (Å²) in [7, 11) is 2.84. The number of esters is 1. The van der Waals surface area contributed by atoms with Gasteiger partial charge in [0.15, 0.2) is 5.69 Å². The highest BCUT2D eigenvalue weighted by Gasteiger charge is 2.18. The van der Waals surface area contributed by atoms with Crippen LogP contribution in [0.5, 0.6) is 0 Å². The maximum absolute atomic E-state index is 11.7. The van der Waals surface area contributed by atoms with Gasteiger partial charge in [0.25, 0.3) is 0 Å². The van der Waals surface area contributed by atoms with E-state index in [4.69, 9.17) is 20.8 Å². The second-order valence-electron chi connectivity index (χ2n) is 3.91. The number of alkyl halides is 1. The van der Waals surface area contributed by atoms with Crippen LogP contribution in [0.3, 0.4) is 0 Å². The fourth-order valence-electron chi connectivity index (χ4n) is 1.52. The summed E-state index contributed by atoms with van der Waals surface area (Å²) in [6.07, 6.45) is 1.86. The van der Waals surface area contributed by atoms with Crippen LogP contribution < -0.4 is 0 Å². The average Bonchev–Trinajstić information content (AvgIpc) is 2.93. The van der Waals surface area contributed by atoms with E-state index < -0.39 is 5.97 Å². The molecule has 112 valence electrons. The lowest BCUT2D eigenvalue weighted by Gasteiger charge is -2.19. The molecule has 0 aliphatic heterocycles. The highest BCUT2D eigenvalue weighted by molar-refractivity contribution is 6.27. The fourth-order valence-corrected chi connectivity index (χ4v) is 1.69. The summed E-state index contributed by atoms with van der Waals surface area (Å²) in [5, 5.41) is 0. The topological polar surface area (TPSA) is 81.9 Å². The summed E-state index contributed by atoms with van der Waals surface area (Å²) in [4.78, 5) is 28.4. The molecule has 0 unspecified atom stereocenters. The molecule has 0 bridgehead atoms. The van der Waals surface area contributed by atoms with Gasteiger partial charge in [-0.15, -0.1) is 11.6 Å². The number of ether oxygens (including phenoxy) is 2. The third-order valence-electron chi connectivity index (χ3n) is 2.52. The van der Waals surface area contributed by atoms with Gasteiger partial charge in [0.05, 0.1) is 13.7 Å². The smallest absolute Gasteiger partial charge is 0.360 e. The van der Waals surface area contributed by atoms with Crippen LogP contribution in [-0.2, 0) is 20.8 Å². The highest BCUT2D eigenvalue weighted by Crippen LogP contribution is 2.08. The second-order valence-corrected chi connectivity index (χ2v) is 4.18. The minimum absolute atomic E-state index is 0.0673. The molecule has 0 aliphatic rings. The summed E-state index contributed by atoms with van der Waals surface area (Å²) in [6, 6.07) is 0. The first kappa shape index (κ1) is 16.5. The van der Waals surface area contributed by atoms with E-state index in [0.29, 0.717) is 19.6 Å². The number of aromatic nitrogens is 1. The third kappa shape index (κ3) is 4.82. The van der Waals surface area contributed by atoms with Crippen molar-refractivity contribution in [2.45, 2.75) is 13.0 Å². The molecular weight excluding hydrogens is 288 g/mol. The van der Waals surface area contributed by atoms with Crippen molar-refractivity contribution in [2.24, 2.45) is 0 Å². The lowest BCUT2D eigenvalue weighted by Crippen LogP contribution is -2.33. The van der Waals surface area contributed by atoms with Crippen LogP contribution in [0.1, 0.15) is 22.8 Å². The summed E-state index contributed by atoms with van der Waals surface area (Å²) >= 11 is 5.56. The molecule has 1 aromatic rings. The zero-order chi connectivity index (χ0) is 15.0. The van der Waals surface area contributed by atoms with Crippen molar-refractivity contribution < 1.29 is 23.5 Å². The Morgan fingerprint density at radius 3 is 2.80 bits per heavy atom. The van der Waals surface area contributed by atoms with E-state index in [1.54, 1.807) is 7.11 Å². The van der Waals surface area contributed by atoms with Gasteiger partial charge in [0.2, 0.25) is 11.8 Å². The van der Waals surface area contributed by atoms with Crippen LogP contribution in [0.25, 0.3) is 0 Å². The van der Waals surface area contributed by atoms with Gasteiger partial charge in [-0.05, 0) is 6.42 Å². The molecule has 0 radical (unpaired) electrons. The summed E-state index contributed by atoms with van der Waals surface area (Å²) in [6.45, 7) is 1.15. The van der Waals surface area contributed by atoms with Gasteiger partial charge in [-0.25, -0.2) is 9.78 Å². The van der Waals surface area contributed by atoms with Crippen LogP contribution in [0.15, 0.2) is 10.7 Å². The average molecular weight is 305 g/mol. The Hall–Kier alpha value is -1.60. The number of hydrogen-bond acceptors (Lipinski definition) is 6. The minimum atomic E-state index is -0.588. The lowest BCUT2D eigenvalue weighted by molar-refractivity contribution is -0.129. The van der Waals surface area contributed by atoms with E-state index in [2.05, 4.69) is 9.72 Å². The minimum Gasteiger partial charge on any atom is -0.464 e. The number of halogens is 1. The van der Waals surface area contributed by atoms with Gasteiger partial charge in [-0.3, -0.25) is 4.79 Å². The highest BCUT2D eigenvalue weighted by atomic mass is 35.5. The number of rotatable bonds is 8. The first-order chi connectivity index (χ1) is 9.62. The Morgan fingerprint density at radius 1 is 1.45 bits per heavy atom. The van der Waals surface area contributed by atoms with E-state index >= 15 is 0 Å². The largest absolute Gasteiger partial charge is 0.464 e. The van der Waals surface area contributed by atoms with Gasteiger partial charge < -0.3 is 18.8 Å². The van der Waals surface area contributed by atoms with Crippen molar-refractivity contribution in [3.8, 4) is 0 Å². The Kier molecular flexibility index (Phi) is 7.03. The molecule has 7 nitrogen and oxygen atoms in total. The number of amides is 1. The molecule has 0 aromatic carbocycles. The predicted octanol–water partition coefficient (Wildman–Crippen LogP) is 1.07. The first-order valence-electron chi connectivity index (χ1n) is 5.97. The summed E-state index contributed by atoms with van der Waals surface area (Å²) in [5.74, 6) is -0.700. The summed E-state index contributed by atoms with van der Waals surface area (Å²) in [5.41, 5.74) is 0.0673. The van der Waals surface area contributed by atoms with Crippen molar-refractivity contribution in [2.75, 3.05) is 33.3 Å². The molecule has 1 amide bonds. The van der Waals surface area contributed by atoms with Gasteiger partial charge in [-0.2, -0.15) is 0 Å². The van der Waals surface area contributed by atoms with Gasteiger partial charge >= 0.3 is 5.97 Å². The molecule has 1 heterocycles. The van der Waals surface area contributed by atoms with E-state index in [0.717, 1.165) is 0 Å². The standard InChI is InChI=1S/C12H17ClN2O5/c1-18-5-3-4-15(11(16)6-13)7-10-14-9(8-20-10)12(17)19-2/h8H,3-7H2,1-2H3. The van der Waals surface area contributed by atoms with Crippen molar-refractivity contribution in [3.63, 3.8) is 0 Å². The van der Waals surface area contributed by atoms with E-state index in [1.807, 2.05) is 0 Å². The predicted molar refractivity (Wildman–Crippen MR) is 70.5 cm³/mol. The van der Waals surface area contributed by atoms with Crippen molar-refractivity contribution in [1.29, 1.82) is 0 Å². The number of oxazole rings is 1. The van der Waals surface area contributed by atoms with Gasteiger partial charge in [0.1, 0.15) is 12.1 Å². The Balaban J connectivity index is 2.66. The number of carbonyl (C=O) groups excluding carboxylic acids is 2. The van der Waals surface area contributed by atoms with E-state index in [-0.39, 0.29) is 29.9 Å². The van der Waals surface area contributed by atoms with Crippen LogP contribution in [0.2, 0.25) is 0 Å². The number of nitrogens with zero attached hydrogens (tertiary/aromatic N) is 2. The zero-order valence-electron chi connectivity index (χ0n) is 11.4. The molecule has 0 aliphatic carbocycles. The van der Waals surface area contributed by atoms with Crippen molar-refractivity contribution >= 4 is 23.5 Å². The number of hydrogen-bond donors (Lipinski definition) is 0. The molecule has 0 fully saturated rings. The molecule has 1 aromatic heterocycles. The first-order valence-corrected chi connectivity index (χ1v) is 6.51. The van der Waals surface area contributed by atoms with Crippen LogP contribution in [0.4, 0.5) is 0 Å². The van der Waals surface area contributed by atoms with Crippen LogP contribution in [-0.4, -0.2) is 55.0 Å².